The number of nitrogens with zero attached hydrogens (tertiary/aromatic N) is 2. The van der Waals surface area contributed by atoms with Crippen LogP contribution in [0.3, 0.4) is 0 Å². The standard InChI is InChI=1S/C18H24N2O8/c1-2-3-4-5-6-7-12(17(25)27-19-13(21)8-9-14(19)22)18(26)28-20-15(23)10-11-16(20)24/h12H,2-11H2,1H3. The Morgan fingerprint density at radius 3 is 1.54 bits per heavy atom. The Bertz CT molecular complexity index is 592. The summed E-state index contributed by atoms with van der Waals surface area (Å²) in [5, 5.41) is 0.706. The number of rotatable bonds is 10. The van der Waals surface area contributed by atoms with E-state index < -0.39 is 41.5 Å². The second-order valence-corrected chi connectivity index (χ2v) is 6.74. The number of carbonyl (C=O) groups excluding carboxylic acids is 6. The van der Waals surface area contributed by atoms with Gasteiger partial charge in [-0.1, -0.05) is 39.0 Å². The highest BCUT2D eigenvalue weighted by atomic mass is 16.7. The van der Waals surface area contributed by atoms with Crippen molar-refractivity contribution in [3.8, 4) is 0 Å². The summed E-state index contributed by atoms with van der Waals surface area (Å²) in [5.41, 5.74) is 0. The lowest BCUT2D eigenvalue weighted by molar-refractivity contribution is -0.212. The zero-order valence-electron chi connectivity index (χ0n) is 15.8. The monoisotopic (exact) mass is 396 g/mol. The summed E-state index contributed by atoms with van der Waals surface area (Å²) in [6.07, 6.45) is 3.95. The zero-order valence-corrected chi connectivity index (χ0v) is 15.8. The van der Waals surface area contributed by atoms with Crippen LogP contribution in [0.25, 0.3) is 0 Å². The third-order valence-electron chi connectivity index (χ3n) is 4.54. The molecule has 0 spiro atoms. The van der Waals surface area contributed by atoms with Gasteiger partial charge in [0.25, 0.3) is 23.6 Å². The molecule has 0 aliphatic carbocycles. The average molecular weight is 396 g/mol. The number of carbonyl (C=O) groups is 6. The molecule has 0 radical (unpaired) electrons. The molecule has 2 aliphatic heterocycles. The number of hydrogen-bond acceptors (Lipinski definition) is 8. The van der Waals surface area contributed by atoms with Crippen LogP contribution in [0.5, 0.6) is 0 Å². The molecule has 0 bridgehead atoms. The Labute approximate surface area is 162 Å². The fourth-order valence-corrected chi connectivity index (χ4v) is 2.91. The number of imide groups is 2. The maximum Gasteiger partial charge on any atom is 0.347 e. The molecule has 0 aromatic carbocycles. The highest BCUT2D eigenvalue weighted by Gasteiger charge is 2.40. The van der Waals surface area contributed by atoms with Crippen LogP contribution in [0.15, 0.2) is 0 Å². The van der Waals surface area contributed by atoms with Crippen LogP contribution in [0.1, 0.15) is 71.1 Å². The van der Waals surface area contributed by atoms with E-state index in [0.717, 1.165) is 25.7 Å². The van der Waals surface area contributed by atoms with Crippen LogP contribution < -0.4 is 0 Å². The average Bonchev–Trinajstić information content (AvgIpc) is 3.14. The Hall–Kier alpha value is -2.78. The SMILES string of the molecule is CCCCCCCC(C(=O)ON1C(=O)CCC1=O)C(=O)ON1C(=O)CCC1=O. The van der Waals surface area contributed by atoms with E-state index in [1.807, 2.05) is 6.92 Å². The van der Waals surface area contributed by atoms with Gasteiger partial charge in [0.15, 0.2) is 5.92 Å². The minimum Gasteiger partial charge on any atom is -0.329 e. The van der Waals surface area contributed by atoms with E-state index >= 15 is 0 Å². The van der Waals surface area contributed by atoms with Gasteiger partial charge < -0.3 is 9.68 Å². The highest BCUT2D eigenvalue weighted by Crippen LogP contribution is 2.21. The molecule has 0 atom stereocenters. The van der Waals surface area contributed by atoms with Crippen molar-refractivity contribution >= 4 is 35.6 Å². The first kappa shape index (κ1) is 21.5. The highest BCUT2D eigenvalue weighted by molar-refractivity contribution is 6.04. The molecule has 0 saturated carbocycles. The fraction of sp³-hybridized carbons (Fsp3) is 0.667. The van der Waals surface area contributed by atoms with E-state index in [-0.39, 0.29) is 32.1 Å². The van der Waals surface area contributed by atoms with Gasteiger partial charge in [0, 0.05) is 25.7 Å². The lowest BCUT2D eigenvalue weighted by atomic mass is 10.0. The Kier molecular flexibility index (Phi) is 7.65. The van der Waals surface area contributed by atoms with E-state index in [9.17, 15) is 28.8 Å². The largest absolute Gasteiger partial charge is 0.347 e. The number of amides is 4. The van der Waals surface area contributed by atoms with E-state index in [1.165, 1.54) is 0 Å². The molecule has 2 rings (SSSR count). The van der Waals surface area contributed by atoms with Crippen molar-refractivity contribution in [1.29, 1.82) is 0 Å². The predicted octanol–water partition coefficient (Wildman–Crippen LogP) is 1.18. The van der Waals surface area contributed by atoms with Gasteiger partial charge in [-0.15, -0.1) is 10.1 Å². The van der Waals surface area contributed by atoms with Gasteiger partial charge in [-0.2, -0.15) is 0 Å². The third-order valence-corrected chi connectivity index (χ3v) is 4.54. The molecule has 2 saturated heterocycles. The Balaban J connectivity index is 2.02. The van der Waals surface area contributed by atoms with Crippen LogP contribution in [0, 0.1) is 5.92 Å². The van der Waals surface area contributed by atoms with Gasteiger partial charge in [0.1, 0.15) is 0 Å². The summed E-state index contributed by atoms with van der Waals surface area (Å²) in [7, 11) is 0. The van der Waals surface area contributed by atoms with Crippen molar-refractivity contribution in [2.75, 3.05) is 0 Å². The summed E-state index contributed by atoms with van der Waals surface area (Å²) < 4.78 is 0. The smallest absolute Gasteiger partial charge is 0.329 e. The van der Waals surface area contributed by atoms with Crippen molar-refractivity contribution in [3.63, 3.8) is 0 Å². The lowest BCUT2D eigenvalue weighted by Gasteiger charge is -2.20. The molecule has 0 aromatic heterocycles. The molecule has 2 aliphatic rings. The summed E-state index contributed by atoms with van der Waals surface area (Å²) in [5.74, 6) is -6.37. The summed E-state index contributed by atoms with van der Waals surface area (Å²) >= 11 is 0. The number of hydrogen-bond donors (Lipinski definition) is 0. The van der Waals surface area contributed by atoms with Crippen LogP contribution in [-0.4, -0.2) is 45.7 Å². The second kappa shape index (κ2) is 9.95. The van der Waals surface area contributed by atoms with Crippen molar-refractivity contribution in [2.24, 2.45) is 5.92 Å². The zero-order chi connectivity index (χ0) is 20.7. The van der Waals surface area contributed by atoms with Crippen LogP contribution in [-0.2, 0) is 38.4 Å². The molecule has 0 unspecified atom stereocenters. The molecule has 4 amide bonds. The fourth-order valence-electron chi connectivity index (χ4n) is 2.91. The Morgan fingerprint density at radius 2 is 1.14 bits per heavy atom. The first-order valence-corrected chi connectivity index (χ1v) is 9.50. The normalized spacial score (nSPS) is 17.1. The molecule has 10 nitrogen and oxygen atoms in total. The molecule has 0 N–H and O–H groups in total. The van der Waals surface area contributed by atoms with E-state index in [1.54, 1.807) is 0 Å². The third kappa shape index (κ3) is 5.37. The summed E-state index contributed by atoms with van der Waals surface area (Å²) in [6.45, 7) is 2.05. The maximum atomic E-state index is 12.4. The van der Waals surface area contributed by atoms with E-state index in [0.29, 0.717) is 16.5 Å². The first-order valence-electron chi connectivity index (χ1n) is 9.50. The Morgan fingerprint density at radius 1 is 0.750 bits per heavy atom. The van der Waals surface area contributed by atoms with Gasteiger partial charge >= 0.3 is 11.9 Å². The van der Waals surface area contributed by atoms with Crippen molar-refractivity contribution in [2.45, 2.75) is 71.1 Å². The molecular weight excluding hydrogens is 372 g/mol. The van der Waals surface area contributed by atoms with Crippen LogP contribution >= 0.6 is 0 Å². The first-order chi connectivity index (χ1) is 13.3. The van der Waals surface area contributed by atoms with E-state index in [4.69, 9.17) is 9.68 Å². The van der Waals surface area contributed by atoms with E-state index in [2.05, 4.69) is 0 Å². The minimum atomic E-state index is -1.45. The van der Waals surface area contributed by atoms with Gasteiger partial charge in [0.05, 0.1) is 0 Å². The van der Waals surface area contributed by atoms with Crippen molar-refractivity contribution < 1.29 is 38.4 Å². The van der Waals surface area contributed by atoms with Crippen molar-refractivity contribution in [3.05, 3.63) is 0 Å². The van der Waals surface area contributed by atoms with Gasteiger partial charge in [-0.3, -0.25) is 19.2 Å². The van der Waals surface area contributed by atoms with Gasteiger partial charge in [-0.25, -0.2) is 9.59 Å². The molecule has 2 fully saturated rings. The predicted molar refractivity (Wildman–Crippen MR) is 91.2 cm³/mol. The molecule has 154 valence electrons. The summed E-state index contributed by atoms with van der Waals surface area (Å²) in [6, 6.07) is 0. The molecule has 28 heavy (non-hydrogen) atoms. The van der Waals surface area contributed by atoms with Crippen LogP contribution in [0.2, 0.25) is 0 Å². The molecular formula is C18H24N2O8. The minimum absolute atomic E-state index is 0.0494. The van der Waals surface area contributed by atoms with Gasteiger partial charge in [0.2, 0.25) is 0 Å². The molecule has 2 heterocycles. The topological polar surface area (TPSA) is 127 Å². The number of hydroxylamine groups is 4. The van der Waals surface area contributed by atoms with Gasteiger partial charge in [-0.05, 0) is 6.42 Å². The second-order valence-electron chi connectivity index (χ2n) is 6.74. The molecule has 10 heteroatoms. The maximum absolute atomic E-state index is 12.4. The molecule has 0 aromatic rings. The quantitative estimate of drug-likeness (QED) is 0.306. The summed E-state index contributed by atoms with van der Waals surface area (Å²) in [4.78, 5) is 81.0. The van der Waals surface area contributed by atoms with Crippen LogP contribution in [0.4, 0.5) is 0 Å². The number of unbranched alkanes of at least 4 members (excludes halogenated alkanes) is 4. The van der Waals surface area contributed by atoms with Crippen molar-refractivity contribution in [1.82, 2.24) is 10.1 Å². The lowest BCUT2D eigenvalue weighted by Crippen LogP contribution is -2.40.